The van der Waals surface area contributed by atoms with Crippen molar-refractivity contribution < 1.29 is 0 Å². The van der Waals surface area contributed by atoms with Crippen LogP contribution in [-0.4, -0.2) is 25.8 Å². The molecule has 0 saturated heterocycles. The van der Waals surface area contributed by atoms with Gasteiger partial charge in [-0.25, -0.2) is 15.0 Å². The Kier molecular flexibility index (Phi) is 3.46. The van der Waals surface area contributed by atoms with Crippen LogP contribution in [0.5, 0.6) is 0 Å². The minimum atomic E-state index is -0.0481. The molecule has 0 aromatic carbocycles. The molecule has 0 radical (unpaired) electrons. The molecule has 0 N–H and O–H groups in total. The van der Waals surface area contributed by atoms with Crippen molar-refractivity contribution in [2.24, 2.45) is 0 Å². The van der Waals surface area contributed by atoms with Gasteiger partial charge in [-0.2, -0.15) is 0 Å². The fourth-order valence-electron chi connectivity index (χ4n) is 2.53. The van der Waals surface area contributed by atoms with Crippen molar-refractivity contribution >= 4 is 34.1 Å². The Hall–Kier alpha value is -1.73. The topological polar surface area (TPSA) is 60.7 Å². The fraction of sp³-hybridized carbons (Fsp3) is 0.333. The zero-order valence-corrected chi connectivity index (χ0v) is 13.7. The first kappa shape index (κ1) is 13.9. The molecule has 0 unspecified atom stereocenters. The van der Waals surface area contributed by atoms with Gasteiger partial charge in [0.05, 0.1) is 17.7 Å². The van der Waals surface area contributed by atoms with Crippen LogP contribution in [0.15, 0.2) is 33.8 Å². The molecule has 3 aromatic rings. The first-order chi connectivity index (χ1) is 10.8. The molecule has 22 heavy (non-hydrogen) atoms. The fourth-order valence-corrected chi connectivity index (χ4v) is 3.84. The highest BCUT2D eigenvalue weighted by Gasteiger charge is 2.28. The third-order valence-electron chi connectivity index (χ3n) is 3.81. The molecule has 5 nitrogen and oxygen atoms in total. The van der Waals surface area contributed by atoms with Gasteiger partial charge >= 0.3 is 0 Å². The molecule has 0 atom stereocenters. The van der Waals surface area contributed by atoms with Crippen molar-refractivity contribution in [3.8, 4) is 0 Å². The van der Waals surface area contributed by atoms with Crippen LogP contribution >= 0.6 is 23.1 Å². The summed E-state index contributed by atoms with van der Waals surface area (Å²) in [5.74, 6) is 0.643. The van der Waals surface area contributed by atoms with Crippen LogP contribution in [0.4, 0.5) is 0 Å². The van der Waals surface area contributed by atoms with Gasteiger partial charge in [-0.15, -0.1) is 11.3 Å². The van der Waals surface area contributed by atoms with E-state index < -0.39 is 0 Å². The minimum Gasteiger partial charge on any atom is -0.286 e. The number of thioether (sulfide) groups is 1. The lowest BCUT2D eigenvalue weighted by Crippen LogP contribution is -2.21. The Morgan fingerprint density at radius 2 is 2.23 bits per heavy atom. The van der Waals surface area contributed by atoms with E-state index in [1.54, 1.807) is 34.2 Å². The van der Waals surface area contributed by atoms with Crippen molar-refractivity contribution in [3.05, 3.63) is 44.8 Å². The van der Waals surface area contributed by atoms with E-state index in [0.717, 1.165) is 11.1 Å². The lowest BCUT2D eigenvalue weighted by atomic mass is 10.2. The molecule has 0 bridgehead atoms. The maximum absolute atomic E-state index is 12.3. The first-order valence-corrected chi connectivity index (χ1v) is 9.19. The van der Waals surface area contributed by atoms with E-state index in [0.29, 0.717) is 23.3 Å². The van der Waals surface area contributed by atoms with Gasteiger partial charge in [0.1, 0.15) is 5.65 Å². The maximum Gasteiger partial charge on any atom is 0.252 e. The van der Waals surface area contributed by atoms with E-state index in [4.69, 9.17) is 0 Å². The second kappa shape index (κ2) is 5.48. The van der Waals surface area contributed by atoms with Gasteiger partial charge in [0, 0.05) is 22.5 Å². The summed E-state index contributed by atoms with van der Waals surface area (Å²) in [6.45, 7) is 0.482. The monoisotopic (exact) mass is 330 g/mol. The molecule has 112 valence electrons. The summed E-state index contributed by atoms with van der Waals surface area (Å²) < 4.78 is 1.71. The molecule has 0 amide bonds. The summed E-state index contributed by atoms with van der Waals surface area (Å²) in [6, 6.07) is 3.36. The number of rotatable bonds is 4. The Labute approximate surface area is 135 Å². The normalized spacial score (nSPS) is 14.6. The molecule has 4 rings (SSSR count). The van der Waals surface area contributed by atoms with Crippen LogP contribution in [0.2, 0.25) is 0 Å². The van der Waals surface area contributed by atoms with Gasteiger partial charge in [-0.1, -0.05) is 11.8 Å². The SMILES string of the molecule is CSc1ncc2ccc(=O)n(Cc3ncsc3C3CC3)c2n1. The van der Waals surface area contributed by atoms with Crippen molar-refractivity contribution in [2.75, 3.05) is 6.26 Å². The zero-order chi connectivity index (χ0) is 15.1. The average molecular weight is 330 g/mol. The number of aromatic nitrogens is 4. The molecule has 1 aliphatic carbocycles. The lowest BCUT2D eigenvalue weighted by Gasteiger charge is -2.09. The molecule has 1 fully saturated rings. The highest BCUT2D eigenvalue weighted by Crippen LogP contribution is 2.43. The summed E-state index contributed by atoms with van der Waals surface area (Å²) in [5.41, 5.74) is 3.52. The second-order valence-electron chi connectivity index (χ2n) is 5.33. The van der Waals surface area contributed by atoms with E-state index in [1.807, 2.05) is 11.8 Å². The van der Waals surface area contributed by atoms with Crippen LogP contribution in [0.1, 0.15) is 29.3 Å². The van der Waals surface area contributed by atoms with Crippen LogP contribution in [0, 0.1) is 0 Å². The molecular formula is C15H14N4OS2. The Balaban J connectivity index is 1.84. The van der Waals surface area contributed by atoms with E-state index in [9.17, 15) is 4.79 Å². The molecule has 7 heteroatoms. The smallest absolute Gasteiger partial charge is 0.252 e. The Morgan fingerprint density at radius 3 is 3.00 bits per heavy atom. The largest absolute Gasteiger partial charge is 0.286 e. The molecule has 0 aliphatic heterocycles. The van der Waals surface area contributed by atoms with Gasteiger partial charge in [0.15, 0.2) is 5.16 Å². The number of pyridine rings is 1. The third kappa shape index (κ3) is 2.44. The lowest BCUT2D eigenvalue weighted by molar-refractivity contribution is 0.749. The average Bonchev–Trinajstić information content (AvgIpc) is 3.29. The number of hydrogen-bond donors (Lipinski definition) is 0. The van der Waals surface area contributed by atoms with Gasteiger partial charge in [-0.3, -0.25) is 9.36 Å². The molecule has 3 aromatic heterocycles. The molecule has 1 saturated carbocycles. The zero-order valence-electron chi connectivity index (χ0n) is 12.0. The highest BCUT2D eigenvalue weighted by molar-refractivity contribution is 7.98. The Morgan fingerprint density at radius 1 is 1.36 bits per heavy atom. The number of thiazole rings is 1. The maximum atomic E-state index is 12.3. The number of nitrogens with zero attached hydrogens (tertiary/aromatic N) is 4. The molecule has 1 aliphatic rings. The molecular weight excluding hydrogens is 316 g/mol. The number of fused-ring (bicyclic) bond motifs is 1. The predicted molar refractivity (Wildman–Crippen MR) is 88.8 cm³/mol. The van der Waals surface area contributed by atoms with Crippen LogP contribution in [-0.2, 0) is 6.54 Å². The van der Waals surface area contributed by atoms with Gasteiger partial charge in [0.25, 0.3) is 5.56 Å². The van der Waals surface area contributed by atoms with Crippen molar-refractivity contribution in [1.82, 2.24) is 19.5 Å². The van der Waals surface area contributed by atoms with Crippen LogP contribution in [0.3, 0.4) is 0 Å². The van der Waals surface area contributed by atoms with E-state index in [-0.39, 0.29) is 5.56 Å². The summed E-state index contributed by atoms with van der Waals surface area (Å²) in [5, 5.41) is 1.55. The first-order valence-electron chi connectivity index (χ1n) is 7.09. The summed E-state index contributed by atoms with van der Waals surface area (Å²) in [6.07, 6.45) is 6.17. The summed E-state index contributed by atoms with van der Waals surface area (Å²) >= 11 is 3.17. The van der Waals surface area contributed by atoms with Crippen molar-refractivity contribution in [1.29, 1.82) is 0 Å². The highest BCUT2D eigenvalue weighted by atomic mass is 32.2. The minimum absolute atomic E-state index is 0.0481. The standard InChI is InChI=1S/C15H14N4OS2/c1-21-15-16-6-10-4-5-12(20)19(14(10)18-15)7-11-13(9-2-3-9)22-8-17-11/h4-6,8-9H,2-3,7H2,1H3. The summed E-state index contributed by atoms with van der Waals surface area (Å²) in [4.78, 5) is 26.9. The van der Waals surface area contributed by atoms with Gasteiger partial charge in [-0.05, 0) is 31.1 Å². The predicted octanol–water partition coefficient (Wildman–Crippen LogP) is 2.90. The third-order valence-corrected chi connectivity index (χ3v) is 5.41. The van der Waals surface area contributed by atoms with Crippen molar-refractivity contribution in [3.63, 3.8) is 0 Å². The molecule has 0 spiro atoms. The van der Waals surface area contributed by atoms with E-state index in [1.165, 1.54) is 29.5 Å². The van der Waals surface area contributed by atoms with Crippen LogP contribution in [0.25, 0.3) is 11.0 Å². The number of hydrogen-bond acceptors (Lipinski definition) is 6. The van der Waals surface area contributed by atoms with Gasteiger partial charge < -0.3 is 0 Å². The second-order valence-corrected chi connectivity index (χ2v) is 6.99. The van der Waals surface area contributed by atoms with Gasteiger partial charge in [0.2, 0.25) is 0 Å². The van der Waals surface area contributed by atoms with E-state index >= 15 is 0 Å². The van der Waals surface area contributed by atoms with Crippen LogP contribution < -0.4 is 5.56 Å². The Bertz CT molecular complexity index is 898. The molecule has 3 heterocycles. The van der Waals surface area contributed by atoms with Crippen molar-refractivity contribution in [2.45, 2.75) is 30.5 Å². The quantitative estimate of drug-likeness (QED) is 0.544. The summed E-state index contributed by atoms with van der Waals surface area (Å²) in [7, 11) is 0. The van der Waals surface area contributed by atoms with E-state index in [2.05, 4.69) is 15.0 Å².